The third-order valence-corrected chi connectivity index (χ3v) is 5.36. The van der Waals surface area contributed by atoms with E-state index in [1.165, 1.54) is 5.56 Å². The van der Waals surface area contributed by atoms with Gasteiger partial charge < -0.3 is 10.2 Å². The third-order valence-electron chi connectivity index (χ3n) is 4.66. The number of benzene rings is 2. The molecular weight excluding hydrogens is 395 g/mol. The third kappa shape index (κ3) is 5.98. The smallest absolute Gasteiger partial charge is 0.242 e. The Labute approximate surface area is 176 Å². The van der Waals surface area contributed by atoms with Gasteiger partial charge in [0, 0.05) is 35.1 Å². The SMILES string of the molecule is CCNC(=O)C(C)N(Cc1c(Cl)cccc1Cl)C(=O)CCc1ccc(C)cc1. The first-order valence-corrected chi connectivity index (χ1v) is 10.1. The summed E-state index contributed by atoms with van der Waals surface area (Å²) in [6.07, 6.45) is 0.906. The largest absolute Gasteiger partial charge is 0.355 e. The molecule has 0 saturated carbocycles. The topological polar surface area (TPSA) is 49.4 Å². The minimum atomic E-state index is -0.627. The molecule has 2 amide bonds. The number of aryl methyl sites for hydroxylation is 2. The molecule has 150 valence electrons. The molecule has 0 spiro atoms. The molecule has 0 radical (unpaired) electrons. The van der Waals surface area contributed by atoms with Gasteiger partial charge in [-0.1, -0.05) is 59.1 Å². The second-order valence-corrected chi connectivity index (χ2v) is 7.59. The summed E-state index contributed by atoms with van der Waals surface area (Å²) in [5, 5.41) is 3.73. The van der Waals surface area contributed by atoms with Gasteiger partial charge in [-0.2, -0.15) is 0 Å². The van der Waals surface area contributed by atoms with E-state index in [9.17, 15) is 9.59 Å². The highest BCUT2D eigenvalue weighted by molar-refractivity contribution is 6.36. The van der Waals surface area contributed by atoms with Crippen LogP contribution >= 0.6 is 23.2 Å². The number of hydrogen-bond donors (Lipinski definition) is 1. The summed E-state index contributed by atoms with van der Waals surface area (Å²) in [7, 11) is 0. The van der Waals surface area contributed by atoms with Crippen molar-refractivity contribution in [3.8, 4) is 0 Å². The number of hydrogen-bond acceptors (Lipinski definition) is 2. The maximum Gasteiger partial charge on any atom is 0.242 e. The van der Waals surface area contributed by atoms with Crippen molar-refractivity contribution in [1.29, 1.82) is 0 Å². The Morgan fingerprint density at radius 3 is 2.25 bits per heavy atom. The standard InChI is InChI=1S/C22H26Cl2N2O2/c1-4-25-22(28)16(3)26(14-18-19(23)6-5-7-20(18)24)21(27)13-12-17-10-8-15(2)9-11-17/h5-11,16H,4,12-14H2,1-3H3,(H,25,28). The summed E-state index contributed by atoms with van der Waals surface area (Å²) in [4.78, 5) is 27.0. The van der Waals surface area contributed by atoms with Crippen LogP contribution in [0.3, 0.4) is 0 Å². The lowest BCUT2D eigenvalue weighted by molar-refractivity contribution is -0.140. The van der Waals surface area contributed by atoms with Crippen molar-refractivity contribution in [3.05, 3.63) is 69.2 Å². The van der Waals surface area contributed by atoms with Crippen LogP contribution in [0, 0.1) is 6.92 Å². The molecule has 2 rings (SSSR count). The molecule has 0 bridgehead atoms. The molecule has 0 aromatic heterocycles. The zero-order valence-electron chi connectivity index (χ0n) is 16.5. The van der Waals surface area contributed by atoms with Gasteiger partial charge in [-0.25, -0.2) is 0 Å². The van der Waals surface area contributed by atoms with Crippen molar-refractivity contribution in [2.45, 2.75) is 46.2 Å². The number of amides is 2. The number of carbonyl (C=O) groups is 2. The lowest BCUT2D eigenvalue weighted by atomic mass is 10.1. The lowest BCUT2D eigenvalue weighted by Gasteiger charge is -2.29. The minimum Gasteiger partial charge on any atom is -0.355 e. The summed E-state index contributed by atoms with van der Waals surface area (Å²) in [6, 6.07) is 12.7. The fourth-order valence-corrected chi connectivity index (χ4v) is 3.42. The first-order chi connectivity index (χ1) is 13.3. The van der Waals surface area contributed by atoms with Crippen LogP contribution in [-0.4, -0.2) is 29.3 Å². The molecule has 0 aliphatic rings. The van der Waals surface area contributed by atoms with Crippen LogP contribution in [0.25, 0.3) is 0 Å². The highest BCUT2D eigenvalue weighted by Crippen LogP contribution is 2.27. The number of rotatable bonds is 8. The molecule has 1 unspecified atom stereocenters. The first kappa shape index (κ1) is 22.3. The molecule has 6 heteroatoms. The molecule has 0 saturated heterocycles. The Morgan fingerprint density at radius 2 is 1.68 bits per heavy atom. The number of likely N-dealkylation sites (N-methyl/N-ethyl adjacent to an activating group) is 1. The van der Waals surface area contributed by atoms with E-state index in [0.29, 0.717) is 35.0 Å². The summed E-state index contributed by atoms with van der Waals surface area (Å²) < 4.78 is 0. The van der Waals surface area contributed by atoms with Crippen LogP contribution in [0.2, 0.25) is 10.0 Å². The van der Waals surface area contributed by atoms with Gasteiger partial charge >= 0.3 is 0 Å². The Hall–Kier alpha value is -2.04. The Bertz CT molecular complexity index is 802. The van der Waals surface area contributed by atoms with Gasteiger partial charge in [-0.05, 0) is 44.9 Å². The Kier molecular flexibility index (Phi) is 8.34. The van der Waals surface area contributed by atoms with Crippen molar-refractivity contribution >= 4 is 35.0 Å². The van der Waals surface area contributed by atoms with Gasteiger partial charge in [0.25, 0.3) is 0 Å². The fraction of sp³-hybridized carbons (Fsp3) is 0.364. The van der Waals surface area contributed by atoms with E-state index in [-0.39, 0.29) is 18.4 Å². The maximum absolute atomic E-state index is 13.0. The summed E-state index contributed by atoms with van der Waals surface area (Å²) >= 11 is 12.6. The van der Waals surface area contributed by atoms with Crippen molar-refractivity contribution in [3.63, 3.8) is 0 Å². The summed E-state index contributed by atoms with van der Waals surface area (Å²) in [6.45, 7) is 6.28. The molecule has 0 aliphatic carbocycles. The monoisotopic (exact) mass is 420 g/mol. The van der Waals surface area contributed by atoms with E-state index in [2.05, 4.69) is 5.32 Å². The molecule has 2 aromatic carbocycles. The van der Waals surface area contributed by atoms with Gasteiger partial charge in [0.2, 0.25) is 11.8 Å². The molecule has 1 atom stereocenters. The normalized spacial score (nSPS) is 11.8. The first-order valence-electron chi connectivity index (χ1n) is 9.39. The van der Waals surface area contributed by atoms with Crippen LogP contribution < -0.4 is 5.32 Å². The molecule has 0 heterocycles. The zero-order chi connectivity index (χ0) is 20.7. The average molecular weight is 421 g/mol. The highest BCUT2D eigenvalue weighted by atomic mass is 35.5. The predicted molar refractivity (Wildman–Crippen MR) is 115 cm³/mol. The predicted octanol–water partition coefficient (Wildman–Crippen LogP) is 4.79. The molecule has 2 aromatic rings. The molecular formula is C22H26Cl2N2O2. The summed E-state index contributed by atoms with van der Waals surface area (Å²) in [5.41, 5.74) is 2.90. The van der Waals surface area contributed by atoms with Crippen LogP contribution in [0.4, 0.5) is 0 Å². The zero-order valence-corrected chi connectivity index (χ0v) is 18.0. The Morgan fingerprint density at radius 1 is 1.07 bits per heavy atom. The van der Waals surface area contributed by atoms with Crippen LogP contribution in [-0.2, 0) is 22.6 Å². The van der Waals surface area contributed by atoms with E-state index in [0.717, 1.165) is 5.56 Å². The molecule has 0 aliphatic heterocycles. The van der Waals surface area contributed by atoms with Gasteiger partial charge in [-0.3, -0.25) is 9.59 Å². The van der Waals surface area contributed by atoms with E-state index in [1.54, 1.807) is 30.0 Å². The van der Waals surface area contributed by atoms with Gasteiger partial charge in [0.1, 0.15) is 6.04 Å². The van der Waals surface area contributed by atoms with Gasteiger partial charge in [0.15, 0.2) is 0 Å². The molecule has 28 heavy (non-hydrogen) atoms. The van der Waals surface area contributed by atoms with Crippen molar-refractivity contribution < 1.29 is 9.59 Å². The second-order valence-electron chi connectivity index (χ2n) is 6.78. The molecule has 4 nitrogen and oxygen atoms in total. The second kappa shape index (κ2) is 10.5. The average Bonchev–Trinajstić information content (AvgIpc) is 2.67. The van der Waals surface area contributed by atoms with Crippen LogP contribution in [0.15, 0.2) is 42.5 Å². The Balaban J connectivity index is 2.20. The van der Waals surface area contributed by atoms with E-state index >= 15 is 0 Å². The van der Waals surface area contributed by atoms with Crippen molar-refractivity contribution in [2.75, 3.05) is 6.54 Å². The highest BCUT2D eigenvalue weighted by Gasteiger charge is 2.26. The van der Waals surface area contributed by atoms with E-state index in [4.69, 9.17) is 23.2 Å². The fourth-order valence-electron chi connectivity index (χ4n) is 2.91. The van der Waals surface area contributed by atoms with Crippen LogP contribution in [0.5, 0.6) is 0 Å². The minimum absolute atomic E-state index is 0.115. The number of nitrogens with one attached hydrogen (secondary N) is 1. The number of nitrogens with zero attached hydrogens (tertiary/aromatic N) is 1. The van der Waals surface area contributed by atoms with Crippen LogP contribution in [0.1, 0.15) is 37.0 Å². The maximum atomic E-state index is 13.0. The van der Waals surface area contributed by atoms with E-state index < -0.39 is 6.04 Å². The van der Waals surface area contributed by atoms with Gasteiger partial charge in [0.05, 0.1) is 0 Å². The van der Waals surface area contributed by atoms with Crippen molar-refractivity contribution in [1.82, 2.24) is 10.2 Å². The van der Waals surface area contributed by atoms with Crippen molar-refractivity contribution in [2.24, 2.45) is 0 Å². The molecule has 1 N–H and O–H groups in total. The number of carbonyl (C=O) groups excluding carboxylic acids is 2. The number of halogens is 2. The molecule has 0 fully saturated rings. The lowest BCUT2D eigenvalue weighted by Crippen LogP contribution is -2.47. The van der Waals surface area contributed by atoms with Gasteiger partial charge in [-0.15, -0.1) is 0 Å². The van der Waals surface area contributed by atoms with E-state index in [1.807, 2.05) is 38.1 Å². The quantitative estimate of drug-likeness (QED) is 0.667. The summed E-state index contributed by atoms with van der Waals surface area (Å²) in [5.74, 6) is -0.315.